The van der Waals surface area contributed by atoms with Crippen LogP contribution in [0.2, 0.25) is 0 Å². The third-order valence-corrected chi connectivity index (χ3v) is 2.13. The van der Waals surface area contributed by atoms with E-state index in [4.69, 9.17) is 4.42 Å². The van der Waals surface area contributed by atoms with Crippen molar-refractivity contribution in [2.24, 2.45) is 0 Å². The second-order valence-corrected chi connectivity index (χ2v) is 3.37. The Morgan fingerprint density at radius 1 is 1.42 bits per heavy atom. The summed E-state index contributed by atoms with van der Waals surface area (Å²) in [5, 5.41) is 0.937. The van der Waals surface area contributed by atoms with Gasteiger partial charge in [-0.15, -0.1) is 0 Å². The predicted octanol–water partition coefficient (Wildman–Crippen LogP) is 3.01. The summed E-state index contributed by atoms with van der Waals surface area (Å²) in [4.78, 5) is 10.6. The van der Waals surface area contributed by atoms with Gasteiger partial charge in [0.1, 0.15) is 5.58 Å². The molecule has 2 aromatic rings. The van der Waals surface area contributed by atoms with Gasteiger partial charge in [-0.3, -0.25) is 4.79 Å². The lowest BCUT2D eigenvalue weighted by molar-refractivity contribution is 0.112. The van der Waals surface area contributed by atoms with Gasteiger partial charge in [0.15, 0.2) is 6.29 Å². The first kappa shape index (κ1) is 7.55. The molecule has 60 valence electrons. The Balaban J connectivity index is 2.88. The van der Waals surface area contributed by atoms with Crippen LogP contribution in [0.25, 0.3) is 11.0 Å². The summed E-state index contributed by atoms with van der Waals surface area (Å²) < 4.78 is 6.03. The highest BCUT2D eigenvalue weighted by Gasteiger charge is 2.04. The zero-order valence-corrected chi connectivity index (χ0v) is 7.67. The maximum atomic E-state index is 10.6. The lowest BCUT2D eigenvalue weighted by Crippen LogP contribution is -1.79. The molecule has 1 heterocycles. The van der Waals surface area contributed by atoms with Crippen LogP contribution < -0.4 is 0 Å². The van der Waals surface area contributed by atoms with Crippen LogP contribution in [0.4, 0.5) is 0 Å². The number of benzene rings is 1. The molecule has 0 atom stereocenters. The molecule has 0 spiro atoms. The molecule has 2 rings (SSSR count). The number of aldehydes is 1. The highest BCUT2D eigenvalue weighted by Crippen LogP contribution is 2.23. The van der Waals surface area contributed by atoms with E-state index in [0.717, 1.165) is 16.1 Å². The second-order valence-electron chi connectivity index (χ2n) is 2.45. The third kappa shape index (κ3) is 1.06. The molecule has 1 aromatic carbocycles. The molecule has 0 aliphatic heterocycles. The number of rotatable bonds is 1. The summed E-state index contributed by atoms with van der Waals surface area (Å²) in [5.41, 5.74) is 1.22. The Bertz CT molecular complexity index is 431. The number of hydrogen-bond acceptors (Lipinski definition) is 2. The van der Waals surface area contributed by atoms with Gasteiger partial charge >= 0.3 is 0 Å². The molecule has 0 saturated heterocycles. The zero-order chi connectivity index (χ0) is 8.55. The van der Waals surface area contributed by atoms with Crippen LogP contribution in [0.1, 0.15) is 10.4 Å². The Hall–Kier alpha value is -1.09. The summed E-state index contributed by atoms with van der Waals surface area (Å²) in [7, 11) is 0. The molecule has 0 aliphatic carbocycles. The smallest absolute Gasteiger partial charge is 0.153 e. The summed E-state index contributed by atoms with van der Waals surface area (Å²) >= 11 is 3.31. The quantitative estimate of drug-likeness (QED) is 0.698. The number of carbonyl (C=O) groups is 1. The van der Waals surface area contributed by atoms with E-state index in [0.29, 0.717) is 11.1 Å². The van der Waals surface area contributed by atoms with Gasteiger partial charge in [0.25, 0.3) is 0 Å². The highest BCUT2D eigenvalue weighted by atomic mass is 79.9. The number of halogens is 1. The average molecular weight is 225 g/mol. The van der Waals surface area contributed by atoms with Gasteiger partial charge in [-0.25, -0.2) is 0 Å². The summed E-state index contributed by atoms with van der Waals surface area (Å²) in [5.74, 6) is 0. The van der Waals surface area contributed by atoms with Gasteiger partial charge in [0.2, 0.25) is 0 Å². The van der Waals surface area contributed by atoms with Crippen molar-refractivity contribution >= 4 is 33.2 Å². The fraction of sp³-hybridized carbons (Fsp3) is 0. The first-order valence-corrected chi connectivity index (χ1v) is 4.22. The van der Waals surface area contributed by atoms with E-state index in [2.05, 4.69) is 15.9 Å². The lowest BCUT2D eigenvalue weighted by atomic mass is 10.2. The second kappa shape index (κ2) is 2.75. The van der Waals surface area contributed by atoms with Gasteiger partial charge in [-0.1, -0.05) is 15.9 Å². The largest absolute Gasteiger partial charge is 0.464 e. The molecule has 0 amide bonds. The molecule has 1 aromatic heterocycles. The molecule has 3 heteroatoms. The topological polar surface area (TPSA) is 30.2 Å². The van der Waals surface area contributed by atoms with Crippen LogP contribution in [-0.2, 0) is 0 Å². The third-order valence-electron chi connectivity index (χ3n) is 1.67. The van der Waals surface area contributed by atoms with Crippen LogP contribution in [0, 0.1) is 0 Å². The van der Waals surface area contributed by atoms with Crippen molar-refractivity contribution in [3.8, 4) is 0 Å². The number of furan rings is 1. The Kier molecular flexibility index (Phi) is 1.73. The monoisotopic (exact) mass is 224 g/mol. The maximum Gasteiger partial charge on any atom is 0.153 e. The van der Waals surface area contributed by atoms with Gasteiger partial charge in [-0.05, 0) is 18.2 Å². The van der Waals surface area contributed by atoms with Crippen molar-refractivity contribution in [2.75, 3.05) is 0 Å². The molecule has 2 nitrogen and oxygen atoms in total. The molecular weight excluding hydrogens is 220 g/mol. The first-order valence-electron chi connectivity index (χ1n) is 3.43. The van der Waals surface area contributed by atoms with Gasteiger partial charge in [0, 0.05) is 9.86 Å². The molecule has 0 fully saturated rings. The van der Waals surface area contributed by atoms with Crippen molar-refractivity contribution < 1.29 is 9.21 Å². The van der Waals surface area contributed by atoms with Gasteiger partial charge in [0.05, 0.1) is 11.8 Å². The van der Waals surface area contributed by atoms with Crippen molar-refractivity contribution in [1.82, 2.24) is 0 Å². The van der Waals surface area contributed by atoms with Crippen molar-refractivity contribution in [3.63, 3.8) is 0 Å². The minimum Gasteiger partial charge on any atom is -0.464 e. The SMILES string of the molecule is O=Cc1cc(Br)cc2ccoc12. The molecular formula is C9H5BrO2. The molecule has 12 heavy (non-hydrogen) atoms. The molecule has 0 bridgehead atoms. The molecule has 0 radical (unpaired) electrons. The standard InChI is InChI=1S/C9H5BrO2/c10-8-3-6-1-2-12-9(6)7(4-8)5-11/h1-5H. The summed E-state index contributed by atoms with van der Waals surface area (Å²) in [6, 6.07) is 5.47. The van der Waals surface area contributed by atoms with E-state index in [-0.39, 0.29) is 0 Å². The molecule has 0 N–H and O–H groups in total. The van der Waals surface area contributed by atoms with Crippen LogP contribution in [0.5, 0.6) is 0 Å². The van der Waals surface area contributed by atoms with Crippen LogP contribution in [-0.4, -0.2) is 6.29 Å². The van der Waals surface area contributed by atoms with E-state index in [1.54, 1.807) is 12.3 Å². The lowest BCUT2D eigenvalue weighted by Gasteiger charge is -1.94. The fourth-order valence-corrected chi connectivity index (χ4v) is 1.65. The predicted molar refractivity (Wildman–Crippen MR) is 49.3 cm³/mol. The van der Waals surface area contributed by atoms with Crippen molar-refractivity contribution in [3.05, 3.63) is 34.5 Å². The highest BCUT2D eigenvalue weighted by molar-refractivity contribution is 9.10. The zero-order valence-electron chi connectivity index (χ0n) is 6.08. The Labute approximate surface area is 77.3 Å². The molecule has 0 unspecified atom stereocenters. The minimum absolute atomic E-state index is 0.573. The number of hydrogen-bond donors (Lipinski definition) is 0. The summed E-state index contributed by atoms with van der Waals surface area (Å²) in [6.07, 6.45) is 2.36. The summed E-state index contributed by atoms with van der Waals surface area (Å²) in [6.45, 7) is 0. The molecule has 0 saturated carbocycles. The number of fused-ring (bicyclic) bond motifs is 1. The Morgan fingerprint density at radius 3 is 3.00 bits per heavy atom. The van der Waals surface area contributed by atoms with Crippen LogP contribution in [0.15, 0.2) is 33.4 Å². The maximum absolute atomic E-state index is 10.6. The van der Waals surface area contributed by atoms with E-state index in [9.17, 15) is 4.79 Å². The van der Waals surface area contributed by atoms with Crippen LogP contribution >= 0.6 is 15.9 Å². The van der Waals surface area contributed by atoms with E-state index >= 15 is 0 Å². The van der Waals surface area contributed by atoms with Crippen LogP contribution in [0.3, 0.4) is 0 Å². The average Bonchev–Trinajstić information content (AvgIpc) is 2.50. The number of carbonyl (C=O) groups excluding carboxylic acids is 1. The van der Waals surface area contributed by atoms with Crippen molar-refractivity contribution in [1.29, 1.82) is 0 Å². The normalized spacial score (nSPS) is 10.4. The fourth-order valence-electron chi connectivity index (χ4n) is 1.16. The van der Waals surface area contributed by atoms with E-state index in [1.165, 1.54) is 0 Å². The van der Waals surface area contributed by atoms with Gasteiger partial charge in [-0.2, -0.15) is 0 Å². The first-order chi connectivity index (χ1) is 5.81. The minimum atomic E-state index is 0.573. The molecule has 0 aliphatic rings. The van der Waals surface area contributed by atoms with Gasteiger partial charge < -0.3 is 4.42 Å². The van der Waals surface area contributed by atoms with E-state index in [1.807, 2.05) is 12.1 Å². The van der Waals surface area contributed by atoms with Crippen molar-refractivity contribution in [2.45, 2.75) is 0 Å². The Morgan fingerprint density at radius 2 is 2.25 bits per heavy atom. The van der Waals surface area contributed by atoms with E-state index < -0.39 is 0 Å².